The van der Waals surface area contributed by atoms with E-state index in [1.54, 1.807) is 0 Å². The van der Waals surface area contributed by atoms with Gasteiger partial charge in [-0.15, -0.1) is 11.8 Å². The zero-order chi connectivity index (χ0) is 14.5. The van der Waals surface area contributed by atoms with Crippen LogP contribution in [-0.4, -0.2) is 39.8 Å². The van der Waals surface area contributed by atoms with E-state index in [4.69, 9.17) is 0 Å². The number of aromatic nitrogens is 2. The van der Waals surface area contributed by atoms with Crippen LogP contribution in [0.3, 0.4) is 0 Å². The highest BCUT2D eigenvalue weighted by atomic mass is 32.2. The molecule has 1 aromatic carbocycles. The van der Waals surface area contributed by atoms with Crippen molar-refractivity contribution in [3.63, 3.8) is 0 Å². The first-order valence-electron chi connectivity index (χ1n) is 7.70. The Morgan fingerprint density at radius 1 is 1.19 bits per heavy atom. The molecule has 21 heavy (non-hydrogen) atoms. The molecule has 2 aromatic rings. The molecule has 0 radical (unpaired) electrons. The lowest BCUT2D eigenvalue weighted by Gasteiger charge is -2.31. The number of thioether (sulfide) groups is 1. The van der Waals surface area contributed by atoms with Crippen molar-refractivity contribution in [1.29, 1.82) is 0 Å². The van der Waals surface area contributed by atoms with E-state index in [1.807, 2.05) is 18.0 Å². The number of piperidine rings is 1. The van der Waals surface area contributed by atoms with Crippen molar-refractivity contribution in [2.75, 3.05) is 25.4 Å². The molecule has 0 amide bonds. The molecule has 0 saturated carbocycles. The van der Waals surface area contributed by atoms with E-state index in [9.17, 15) is 0 Å². The van der Waals surface area contributed by atoms with Crippen molar-refractivity contribution in [3.8, 4) is 0 Å². The maximum atomic E-state index is 4.51. The first-order chi connectivity index (χ1) is 10.3. The third-order valence-corrected chi connectivity index (χ3v) is 5.22. The van der Waals surface area contributed by atoms with Crippen LogP contribution in [0, 0.1) is 0 Å². The second-order valence-corrected chi connectivity index (χ2v) is 6.84. The van der Waals surface area contributed by atoms with Gasteiger partial charge in [-0.2, -0.15) is 0 Å². The molecule has 3 nitrogen and oxygen atoms in total. The molecular formula is C17H23N3S. The molecule has 1 saturated heterocycles. The molecule has 3 rings (SSSR count). The minimum absolute atomic E-state index is 0.642. The monoisotopic (exact) mass is 301 g/mol. The summed E-state index contributed by atoms with van der Waals surface area (Å²) in [5.41, 5.74) is 0. The fourth-order valence-corrected chi connectivity index (χ4v) is 3.93. The van der Waals surface area contributed by atoms with Crippen molar-refractivity contribution in [2.24, 2.45) is 7.05 Å². The Morgan fingerprint density at radius 3 is 2.62 bits per heavy atom. The van der Waals surface area contributed by atoms with Crippen molar-refractivity contribution in [3.05, 3.63) is 48.5 Å². The molecule has 2 heterocycles. The Labute approximate surface area is 131 Å². The number of imidazole rings is 1. The van der Waals surface area contributed by atoms with Crippen LogP contribution in [0.15, 0.2) is 47.6 Å². The lowest BCUT2D eigenvalue weighted by atomic mass is 9.96. The average molecular weight is 301 g/mol. The molecule has 1 aromatic heterocycles. The topological polar surface area (TPSA) is 21.1 Å². The fraction of sp³-hybridized carbons (Fsp3) is 0.471. The molecule has 0 unspecified atom stereocenters. The number of likely N-dealkylation sites (tertiary alicyclic amines) is 1. The Morgan fingerprint density at radius 2 is 1.95 bits per heavy atom. The van der Waals surface area contributed by atoms with Crippen LogP contribution in [0.25, 0.3) is 0 Å². The summed E-state index contributed by atoms with van der Waals surface area (Å²) in [6, 6.07) is 10.7. The van der Waals surface area contributed by atoms with Gasteiger partial charge in [0.25, 0.3) is 0 Å². The number of hydrogen-bond acceptors (Lipinski definition) is 3. The summed E-state index contributed by atoms with van der Waals surface area (Å²) in [6.07, 6.45) is 6.44. The Bertz CT molecular complexity index is 544. The summed E-state index contributed by atoms with van der Waals surface area (Å²) in [7, 11) is 2.10. The maximum absolute atomic E-state index is 4.51. The molecule has 112 valence electrons. The quantitative estimate of drug-likeness (QED) is 0.790. The summed E-state index contributed by atoms with van der Waals surface area (Å²) < 4.78 is 2.17. The molecule has 0 N–H and O–H groups in total. The second kappa shape index (κ2) is 7.14. The molecule has 4 heteroatoms. The van der Waals surface area contributed by atoms with E-state index >= 15 is 0 Å². The molecule has 1 aliphatic rings. The van der Waals surface area contributed by atoms with Gasteiger partial charge in [0.15, 0.2) is 0 Å². The van der Waals surface area contributed by atoms with Gasteiger partial charge in [-0.05, 0) is 38.1 Å². The highest BCUT2D eigenvalue weighted by Gasteiger charge is 2.22. The normalized spacial score (nSPS) is 17.2. The Hall–Kier alpha value is -1.26. The lowest BCUT2D eigenvalue weighted by Crippen LogP contribution is -2.35. The SMILES string of the molecule is Cn1ccnc1C1CCN(CCSc2ccccc2)CC1. The number of rotatable bonds is 5. The zero-order valence-electron chi connectivity index (χ0n) is 12.6. The van der Waals surface area contributed by atoms with Crippen molar-refractivity contribution >= 4 is 11.8 Å². The minimum atomic E-state index is 0.642. The summed E-state index contributed by atoms with van der Waals surface area (Å²) in [5.74, 6) is 3.08. The van der Waals surface area contributed by atoms with E-state index in [0.717, 1.165) is 0 Å². The van der Waals surface area contributed by atoms with Gasteiger partial charge in [-0.1, -0.05) is 18.2 Å². The number of aryl methyl sites for hydroxylation is 1. The van der Waals surface area contributed by atoms with E-state index in [2.05, 4.69) is 58.0 Å². The van der Waals surface area contributed by atoms with Crippen LogP contribution >= 0.6 is 11.8 Å². The van der Waals surface area contributed by atoms with Gasteiger partial charge in [0.2, 0.25) is 0 Å². The molecule has 0 bridgehead atoms. The van der Waals surface area contributed by atoms with Crippen molar-refractivity contribution < 1.29 is 0 Å². The third-order valence-electron chi connectivity index (χ3n) is 4.23. The molecule has 0 aliphatic carbocycles. The van der Waals surface area contributed by atoms with Crippen molar-refractivity contribution in [1.82, 2.24) is 14.5 Å². The molecule has 1 aliphatic heterocycles. The van der Waals surface area contributed by atoms with Gasteiger partial charge in [0.1, 0.15) is 5.82 Å². The molecule has 1 fully saturated rings. The maximum Gasteiger partial charge on any atom is 0.111 e. The highest BCUT2D eigenvalue weighted by molar-refractivity contribution is 7.99. The Balaban J connectivity index is 1.41. The predicted octanol–water partition coefficient (Wildman–Crippen LogP) is 3.39. The van der Waals surface area contributed by atoms with E-state index in [1.165, 1.54) is 48.9 Å². The van der Waals surface area contributed by atoms with Gasteiger partial charge in [-0.3, -0.25) is 0 Å². The van der Waals surface area contributed by atoms with Crippen LogP contribution in [0.2, 0.25) is 0 Å². The lowest BCUT2D eigenvalue weighted by molar-refractivity contribution is 0.219. The van der Waals surface area contributed by atoms with E-state index < -0.39 is 0 Å². The predicted molar refractivity (Wildman–Crippen MR) is 88.8 cm³/mol. The fourth-order valence-electron chi connectivity index (χ4n) is 2.99. The van der Waals surface area contributed by atoms with Crippen molar-refractivity contribution in [2.45, 2.75) is 23.7 Å². The van der Waals surface area contributed by atoms with Crippen LogP contribution in [-0.2, 0) is 7.05 Å². The zero-order valence-corrected chi connectivity index (χ0v) is 13.4. The number of benzene rings is 1. The number of nitrogens with zero attached hydrogens (tertiary/aromatic N) is 3. The second-order valence-electron chi connectivity index (χ2n) is 5.67. The molecule has 0 atom stereocenters. The standard InChI is InChI=1S/C17H23N3S/c1-19-12-9-18-17(19)15-7-10-20(11-8-15)13-14-21-16-5-3-2-4-6-16/h2-6,9,12,15H,7-8,10-11,13-14H2,1H3. The molecular weight excluding hydrogens is 278 g/mol. The molecule has 0 spiro atoms. The van der Waals surface area contributed by atoms with Gasteiger partial charge in [-0.25, -0.2) is 4.98 Å². The smallest absolute Gasteiger partial charge is 0.111 e. The average Bonchev–Trinajstić information content (AvgIpc) is 2.95. The number of hydrogen-bond donors (Lipinski definition) is 0. The first-order valence-corrected chi connectivity index (χ1v) is 8.69. The van der Waals surface area contributed by atoms with Crippen LogP contribution in [0.1, 0.15) is 24.6 Å². The largest absolute Gasteiger partial charge is 0.338 e. The van der Waals surface area contributed by atoms with Crippen LogP contribution in [0.4, 0.5) is 0 Å². The van der Waals surface area contributed by atoms with Gasteiger partial charge in [0, 0.05) is 42.6 Å². The van der Waals surface area contributed by atoms with E-state index in [0.29, 0.717) is 5.92 Å². The summed E-state index contributed by atoms with van der Waals surface area (Å²) in [4.78, 5) is 8.47. The highest BCUT2D eigenvalue weighted by Crippen LogP contribution is 2.26. The van der Waals surface area contributed by atoms with E-state index in [-0.39, 0.29) is 0 Å². The first kappa shape index (κ1) is 14.7. The third kappa shape index (κ3) is 3.89. The minimum Gasteiger partial charge on any atom is -0.338 e. The summed E-state index contributed by atoms with van der Waals surface area (Å²) >= 11 is 1.96. The van der Waals surface area contributed by atoms with Gasteiger partial charge >= 0.3 is 0 Å². The van der Waals surface area contributed by atoms with Gasteiger partial charge in [0.05, 0.1) is 0 Å². The summed E-state index contributed by atoms with van der Waals surface area (Å²) in [5, 5.41) is 0. The Kier molecular flexibility index (Phi) is 4.99. The summed E-state index contributed by atoms with van der Waals surface area (Å²) in [6.45, 7) is 3.59. The van der Waals surface area contributed by atoms with Crippen LogP contribution < -0.4 is 0 Å². The van der Waals surface area contributed by atoms with Crippen LogP contribution in [0.5, 0.6) is 0 Å². The van der Waals surface area contributed by atoms with Gasteiger partial charge < -0.3 is 9.47 Å².